The molecule has 126 valence electrons. The highest BCUT2D eigenvalue weighted by Gasteiger charge is 2.18. The van der Waals surface area contributed by atoms with Crippen molar-refractivity contribution in [1.82, 2.24) is 15.3 Å². The number of aromatic nitrogens is 2. The first kappa shape index (κ1) is 16.7. The molecule has 0 unspecified atom stereocenters. The zero-order chi connectivity index (χ0) is 16.8. The van der Waals surface area contributed by atoms with Gasteiger partial charge in [0.05, 0.1) is 11.2 Å². The summed E-state index contributed by atoms with van der Waals surface area (Å²) in [6.45, 7) is 0.700. The SMILES string of the molecule is O=C(NCC1CCCCC1)c1cccnc1Oc1cncc(Cl)c1. The molecule has 0 aromatic carbocycles. The molecule has 1 fully saturated rings. The Kier molecular flexibility index (Phi) is 5.64. The smallest absolute Gasteiger partial charge is 0.256 e. The lowest BCUT2D eigenvalue weighted by atomic mass is 9.89. The van der Waals surface area contributed by atoms with Crippen LogP contribution in [0.2, 0.25) is 5.02 Å². The van der Waals surface area contributed by atoms with E-state index >= 15 is 0 Å². The second-order valence-electron chi connectivity index (χ2n) is 6.01. The average molecular weight is 346 g/mol. The highest BCUT2D eigenvalue weighted by atomic mass is 35.5. The topological polar surface area (TPSA) is 64.1 Å². The number of rotatable bonds is 5. The van der Waals surface area contributed by atoms with Gasteiger partial charge in [0.1, 0.15) is 11.3 Å². The number of nitrogens with zero attached hydrogens (tertiary/aromatic N) is 2. The second kappa shape index (κ2) is 8.11. The maximum atomic E-state index is 12.5. The molecule has 2 aromatic rings. The van der Waals surface area contributed by atoms with Gasteiger partial charge in [-0.3, -0.25) is 9.78 Å². The molecule has 2 heterocycles. The summed E-state index contributed by atoms with van der Waals surface area (Å²) in [7, 11) is 0. The standard InChI is InChI=1S/C18H20ClN3O2/c19-14-9-15(12-20-11-14)24-18-16(7-4-8-21-18)17(23)22-10-13-5-2-1-3-6-13/h4,7-9,11-13H,1-3,5-6,10H2,(H,22,23). The van der Waals surface area contributed by atoms with Crippen molar-refractivity contribution in [2.45, 2.75) is 32.1 Å². The fraction of sp³-hybridized carbons (Fsp3) is 0.389. The van der Waals surface area contributed by atoms with Crippen molar-refractivity contribution < 1.29 is 9.53 Å². The van der Waals surface area contributed by atoms with E-state index in [4.69, 9.17) is 16.3 Å². The third-order valence-electron chi connectivity index (χ3n) is 4.19. The predicted molar refractivity (Wildman–Crippen MR) is 92.5 cm³/mol. The minimum Gasteiger partial charge on any atom is -0.436 e. The van der Waals surface area contributed by atoms with Gasteiger partial charge in [-0.1, -0.05) is 30.9 Å². The zero-order valence-corrected chi connectivity index (χ0v) is 14.1. The molecule has 0 aliphatic heterocycles. The number of halogens is 1. The van der Waals surface area contributed by atoms with Crippen molar-refractivity contribution in [1.29, 1.82) is 0 Å². The van der Waals surface area contributed by atoms with Crippen LogP contribution in [-0.4, -0.2) is 22.4 Å². The van der Waals surface area contributed by atoms with Crippen molar-refractivity contribution in [2.24, 2.45) is 5.92 Å². The number of amides is 1. The van der Waals surface area contributed by atoms with Gasteiger partial charge >= 0.3 is 0 Å². The van der Waals surface area contributed by atoms with E-state index in [2.05, 4.69) is 15.3 Å². The summed E-state index contributed by atoms with van der Waals surface area (Å²) in [5, 5.41) is 3.47. The number of ether oxygens (including phenoxy) is 1. The number of nitrogens with one attached hydrogen (secondary N) is 1. The summed E-state index contributed by atoms with van der Waals surface area (Å²) in [5.41, 5.74) is 0.410. The first-order valence-corrected chi connectivity index (χ1v) is 8.62. The first-order chi connectivity index (χ1) is 11.7. The molecule has 1 aliphatic carbocycles. The van der Waals surface area contributed by atoms with Gasteiger partial charge in [0.15, 0.2) is 0 Å². The van der Waals surface area contributed by atoms with Crippen molar-refractivity contribution in [3.63, 3.8) is 0 Å². The van der Waals surface area contributed by atoms with Crippen LogP contribution in [-0.2, 0) is 0 Å². The number of pyridine rings is 2. The van der Waals surface area contributed by atoms with E-state index in [1.807, 2.05) is 0 Å². The molecule has 0 bridgehead atoms. The summed E-state index contributed by atoms with van der Waals surface area (Å²) < 4.78 is 5.68. The molecular formula is C18H20ClN3O2. The third-order valence-corrected chi connectivity index (χ3v) is 4.39. The number of hydrogen-bond donors (Lipinski definition) is 1. The van der Waals surface area contributed by atoms with Crippen molar-refractivity contribution in [3.05, 3.63) is 47.4 Å². The number of carbonyl (C=O) groups excluding carboxylic acids is 1. The fourth-order valence-corrected chi connectivity index (χ4v) is 3.09. The summed E-state index contributed by atoms with van der Waals surface area (Å²) in [5.74, 6) is 1.10. The summed E-state index contributed by atoms with van der Waals surface area (Å²) >= 11 is 5.91. The van der Waals surface area contributed by atoms with Crippen LogP contribution >= 0.6 is 11.6 Å². The molecular weight excluding hydrogens is 326 g/mol. The summed E-state index contributed by atoms with van der Waals surface area (Å²) in [4.78, 5) is 20.6. The molecule has 0 saturated heterocycles. The Hall–Kier alpha value is -2.14. The van der Waals surface area contributed by atoms with E-state index in [0.29, 0.717) is 28.8 Å². The van der Waals surface area contributed by atoms with Crippen LogP contribution in [0.3, 0.4) is 0 Å². The predicted octanol–water partition coefficient (Wildman–Crippen LogP) is 4.23. The number of hydrogen-bond acceptors (Lipinski definition) is 4. The molecule has 24 heavy (non-hydrogen) atoms. The molecule has 0 radical (unpaired) electrons. The van der Waals surface area contributed by atoms with Gasteiger partial charge in [-0.15, -0.1) is 0 Å². The van der Waals surface area contributed by atoms with Gasteiger partial charge in [0.2, 0.25) is 5.88 Å². The van der Waals surface area contributed by atoms with E-state index in [1.54, 1.807) is 24.4 Å². The lowest BCUT2D eigenvalue weighted by Gasteiger charge is -2.21. The van der Waals surface area contributed by atoms with E-state index in [0.717, 1.165) is 0 Å². The minimum absolute atomic E-state index is 0.168. The van der Waals surface area contributed by atoms with Crippen LogP contribution in [0.25, 0.3) is 0 Å². The molecule has 1 N–H and O–H groups in total. The Morgan fingerprint density at radius 2 is 2.12 bits per heavy atom. The Bertz CT molecular complexity index is 702. The molecule has 1 amide bonds. The van der Waals surface area contributed by atoms with Crippen LogP contribution in [0.5, 0.6) is 11.6 Å². The lowest BCUT2D eigenvalue weighted by Crippen LogP contribution is -2.30. The first-order valence-electron chi connectivity index (χ1n) is 8.24. The van der Waals surface area contributed by atoms with Crippen molar-refractivity contribution in [2.75, 3.05) is 6.54 Å². The molecule has 5 nitrogen and oxygen atoms in total. The monoisotopic (exact) mass is 345 g/mol. The van der Waals surface area contributed by atoms with Crippen molar-refractivity contribution in [3.8, 4) is 11.6 Å². The fourth-order valence-electron chi connectivity index (χ4n) is 2.93. The van der Waals surface area contributed by atoms with E-state index < -0.39 is 0 Å². The molecule has 3 rings (SSSR count). The van der Waals surface area contributed by atoms with Crippen LogP contribution in [0.15, 0.2) is 36.8 Å². The highest BCUT2D eigenvalue weighted by Crippen LogP contribution is 2.25. The lowest BCUT2D eigenvalue weighted by molar-refractivity contribution is 0.0940. The second-order valence-corrected chi connectivity index (χ2v) is 6.45. The van der Waals surface area contributed by atoms with Crippen LogP contribution in [0.1, 0.15) is 42.5 Å². The normalized spacial score (nSPS) is 15.0. The Morgan fingerprint density at radius 3 is 2.92 bits per heavy atom. The Labute approximate surface area is 146 Å². The molecule has 6 heteroatoms. The molecule has 0 atom stereocenters. The molecule has 0 spiro atoms. The van der Waals surface area contributed by atoms with E-state index in [9.17, 15) is 4.79 Å². The zero-order valence-electron chi connectivity index (χ0n) is 13.4. The van der Waals surface area contributed by atoms with Gasteiger partial charge in [-0.05, 0) is 30.9 Å². The van der Waals surface area contributed by atoms with Crippen LogP contribution in [0, 0.1) is 5.92 Å². The van der Waals surface area contributed by atoms with Gasteiger partial charge in [0, 0.05) is 25.0 Å². The van der Waals surface area contributed by atoms with E-state index in [-0.39, 0.29) is 11.8 Å². The van der Waals surface area contributed by atoms with E-state index in [1.165, 1.54) is 44.5 Å². The Balaban J connectivity index is 1.67. The molecule has 1 aliphatic rings. The van der Waals surface area contributed by atoms with Crippen LogP contribution < -0.4 is 10.1 Å². The summed E-state index contributed by atoms with van der Waals surface area (Å²) in [6, 6.07) is 5.06. The quantitative estimate of drug-likeness (QED) is 0.880. The molecule has 1 saturated carbocycles. The average Bonchev–Trinajstić information content (AvgIpc) is 2.61. The third kappa shape index (κ3) is 4.45. The minimum atomic E-state index is -0.168. The maximum Gasteiger partial charge on any atom is 0.256 e. The molecule has 2 aromatic heterocycles. The van der Waals surface area contributed by atoms with Crippen LogP contribution in [0.4, 0.5) is 0 Å². The highest BCUT2D eigenvalue weighted by molar-refractivity contribution is 6.30. The largest absolute Gasteiger partial charge is 0.436 e. The van der Waals surface area contributed by atoms with Gasteiger partial charge < -0.3 is 10.1 Å². The maximum absolute atomic E-state index is 12.5. The number of carbonyl (C=O) groups is 1. The van der Waals surface area contributed by atoms with Crippen molar-refractivity contribution >= 4 is 17.5 Å². The summed E-state index contributed by atoms with van der Waals surface area (Å²) in [6.07, 6.45) is 10.8. The van der Waals surface area contributed by atoms with Gasteiger partial charge in [-0.25, -0.2) is 4.98 Å². The Morgan fingerprint density at radius 1 is 1.29 bits per heavy atom. The van der Waals surface area contributed by atoms with Gasteiger partial charge in [0.25, 0.3) is 5.91 Å². The van der Waals surface area contributed by atoms with Gasteiger partial charge in [-0.2, -0.15) is 0 Å².